The number of aromatic nitrogens is 3. The van der Waals surface area contributed by atoms with Gasteiger partial charge in [-0.05, 0) is 37.3 Å². The minimum Gasteiger partial charge on any atom is -0.326 e. The molecular formula is C12H16N4. The quantitative estimate of drug-likeness (QED) is 0.852. The van der Waals surface area contributed by atoms with E-state index in [1.54, 1.807) is 0 Å². The van der Waals surface area contributed by atoms with Crippen molar-refractivity contribution in [2.75, 3.05) is 0 Å². The average Bonchev–Trinajstić information content (AvgIpc) is 3.08. The monoisotopic (exact) mass is 216 g/mol. The molecule has 0 bridgehead atoms. The fourth-order valence-electron chi connectivity index (χ4n) is 2.17. The number of pyridine rings is 1. The lowest BCUT2D eigenvalue weighted by Gasteiger charge is -2.11. The van der Waals surface area contributed by atoms with E-state index in [2.05, 4.69) is 23.1 Å². The number of rotatable bonds is 3. The van der Waals surface area contributed by atoms with Gasteiger partial charge < -0.3 is 5.73 Å². The van der Waals surface area contributed by atoms with Gasteiger partial charge in [-0.3, -0.25) is 0 Å². The molecule has 1 aliphatic carbocycles. The van der Waals surface area contributed by atoms with Crippen LogP contribution in [0.5, 0.6) is 0 Å². The Bertz CT molecular complexity index is 513. The molecule has 16 heavy (non-hydrogen) atoms. The molecule has 84 valence electrons. The molecule has 0 aromatic carbocycles. The first-order valence-corrected chi connectivity index (χ1v) is 5.82. The van der Waals surface area contributed by atoms with Crippen LogP contribution in [0.15, 0.2) is 18.5 Å². The number of hydrogen-bond donors (Lipinski definition) is 1. The molecule has 1 fully saturated rings. The molecule has 0 amide bonds. The number of nitrogens with zero attached hydrogens (tertiary/aromatic N) is 3. The second-order valence-corrected chi connectivity index (χ2v) is 4.63. The maximum Gasteiger partial charge on any atom is 0.157 e. The van der Waals surface area contributed by atoms with Gasteiger partial charge in [0.15, 0.2) is 5.65 Å². The Labute approximate surface area is 94.5 Å². The van der Waals surface area contributed by atoms with Crippen molar-refractivity contribution in [2.24, 2.45) is 11.7 Å². The van der Waals surface area contributed by atoms with E-state index < -0.39 is 0 Å². The minimum atomic E-state index is 0.466. The maximum atomic E-state index is 5.60. The smallest absolute Gasteiger partial charge is 0.157 e. The summed E-state index contributed by atoms with van der Waals surface area (Å²) in [6.07, 6.45) is 6.38. The summed E-state index contributed by atoms with van der Waals surface area (Å²) in [6, 6.07) is 2.54. The van der Waals surface area contributed by atoms with Crippen molar-refractivity contribution in [2.45, 2.75) is 32.4 Å². The first-order chi connectivity index (χ1) is 7.79. The molecule has 2 N–H and O–H groups in total. The number of hydrogen-bond acceptors (Lipinski definition) is 3. The van der Waals surface area contributed by atoms with Gasteiger partial charge in [0.25, 0.3) is 0 Å². The lowest BCUT2D eigenvalue weighted by Crippen LogP contribution is -2.09. The van der Waals surface area contributed by atoms with Crippen molar-refractivity contribution in [3.05, 3.63) is 24.0 Å². The van der Waals surface area contributed by atoms with Gasteiger partial charge in [0.05, 0.1) is 12.2 Å². The molecule has 1 aliphatic rings. The topological polar surface area (TPSA) is 56.7 Å². The molecule has 4 heteroatoms. The highest BCUT2D eigenvalue weighted by Crippen LogP contribution is 2.39. The summed E-state index contributed by atoms with van der Waals surface area (Å²) in [6.45, 7) is 2.76. The average molecular weight is 216 g/mol. The highest BCUT2D eigenvalue weighted by atomic mass is 15.3. The Hall–Kier alpha value is -1.42. The fourth-order valence-corrected chi connectivity index (χ4v) is 2.17. The molecule has 0 saturated heterocycles. The Morgan fingerprint density at radius 1 is 1.50 bits per heavy atom. The first kappa shape index (κ1) is 9.78. The third-order valence-corrected chi connectivity index (χ3v) is 3.42. The normalized spacial score (nSPS) is 17.9. The number of fused-ring (bicyclic) bond motifs is 1. The van der Waals surface area contributed by atoms with Gasteiger partial charge in [0.1, 0.15) is 0 Å². The summed E-state index contributed by atoms with van der Waals surface area (Å²) in [4.78, 5) is 4.46. The molecule has 2 aromatic heterocycles. The van der Waals surface area contributed by atoms with Crippen LogP contribution in [0.25, 0.3) is 11.0 Å². The Balaban J connectivity index is 2.05. The molecule has 3 rings (SSSR count). The van der Waals surface area contributed by atoms with Crippen molar-refractivity contribution in [3.63, 3.8) is 0 Å². The van der Waals surface area contributed by atoms with Crippen LogP contribution in [0.2, 0.25) is 0 Å². The third kappa shape index (κ3) is 1.50. The molecule has 2 aromatic rings. The minimum absolute atomic E-state index is 0.466. The summed E-state index contributed by atoms with van der Waals surface area (Å²) in [5, 5.41) is 5.54. The predicted octanol–water partition coefficient (Wildman–Crippen LogP) is 1.86. The predicted molar refractivity (Wildman–Crippen MR) is 62.9 cm³/mol. The summed E-state index contributed by atoms with van der Waals surface area (Å²) in [7, 11) is 0. The van der Waals surface area contributed by atoms with Gasteiger partial charge in [0, 0.05) is 18.1 Å². The Morgan fingerprint density at radius 2 is 2.31 bits per heavy atom. The zero-order valence-electron chi connectivity index (χ0n) is 9.43. The third-order valence-electron chi connectivity index (χ3n) is 3.42. The van der Waals surface area contributed by atoms with Crippen LogP contribution in [-0.2, 0) is 6.54 Å². The molecule has 4 nitrogen and oxygen atoms in total. The molecule has 0 aliphatic heterocycles. The largest absolute Gasteiger partial charge is 0.326 e. The van der Waals surface area contributed by atoms with Crippen LogP contribution in [0, 0.1) is 5.92 Å². The van der Waals surface area contributed by atoms with E-state index in [9.17, 15) is 0 Å². The van der Waals surface area contributed by atoms with Gasteiger partial charge in [0.2, 0.25) is 0 Å². The Kier molecular flexibility index (Phi) is 2.17. The second-order valence-electron chi connectivity index (χ2n) is 4.63. The van der Waals surface area contributed by atoms with E-state index >= 15 is 0 Å². The van der Waals surface area contributed by atoms with Crippen LogP contribution in [0.1, 0.15) is 31.4 Å². The molecule has 1 saturated carbocycles. The lowest BCUT2D eigenvalue weighted by molar-refractivity contribution is 0.451. The van der Waals surface area contributed by atoms with Gasteiger partial charge >= 0.3 is 0 Å². The molecule has 0 spiro atoms. The van der Waals surface area contributed by atoms with Crippen LogP contribution < -0.4 is 5.73 Å². The highest BCUT2D eigenvalue weighted by Gasteiger charge is 2.30. The molecule has 1 atom stereocenters. The Morgan fingerprint density at radius 3 is 3.00 bits per heavy atom. The molecule has 1 unspecified atom stereocenters. The van der Waals surface area contributed by atoms with Crippen LogP contribution in [-0.4, -0.2) is 14.8 Å². The van der Waals surface area contributed by atoms with Crippen LogP contribution in [0.4, 0.5) is 0 Å². The molecular weight excluding hydrogens is 200 g/mol. The van der Waals surface area contributed by atoms with E-state index in [0.717, 1.165) is 22.5 Å². The SMILES string of the molecule is CC(C1CC1)n1ncc2cc(CN)cnc21. The van der Waals surface area contributed by atoms with E-state index in [-0.39, 0.29) is 0 Å². The summed E-state index contributed by atoms with van der Waals surface area (Å²) in [5.74, 6) is 0.791. The summed E-state index contributed by atoms with van der Waals surface area (Å²) >= 11 is 0. The van der Waals surface area contributed by atoms with Crippen molar-refractivity contribution < 1.29 is 0 Å². The van der Waals surface area contributed by atoms with E-state index in [4.69, 9.17) is 5.73 Å². The zero-order valence-corrected chi connectivity index (χ0v) is 9.43. The standard InChI is InChI=1S/C12H16N4/c1-8(10-2-3-10)16-12-11(7-15-16)4-9(5-13)6-14-12/h4,6-8,10H,2-3,5,13H2,1H3. The summed E-state index contributed by atoms with van der Waals surface area (Å²) in [5.41, 5.74) is 7.64. The van der Waals surface area contributed by atoms with Crippen LogP contribution >= 0.6 is 0 Å². The maximum absolute atomic E-state index is 5.60. The van der Waals surface area contributed by atoms with E-state index in [1.807, 2.05) is 17.1 Å². The molecule has 2 heterocycles. The van der Waals surface area contributed by atoms with Crippen molar-refractivity contribution in [1.29, 1.82) is 0 Å². The van der Waals surface area contributed by atoms with Gasteiger partial charge in [-0.15, -0.1) is 0 Å². The van der Waals surface area contributed by atoms with Crippen molar-refractivity contribution in [1.82, 2.24) is 14.8 Å². The van der Waals surface area contributed by atoms with Crippen LogP contribution in [0.3, 0.4) is 0 Å². The fraction of sp³-hybridized carbons (Fsp3) is 0.500. The van der Waals surface area contributed by atoms with Gasteiger partial charge in [-0.2, -0.15) is 5.10 Å². The highest BCUT2D eigenvalue weighted by molar-refractivity contribution is 5.75. The number of nitrogens with two attached hydrogens (primary N) is 1. The zero-order chi connectivity index (χ0) is 11.1. The van der Waals surface area contributed by atoms with Crippen molar-refractivity contribution >= 4 is 11.0 Å². The van der Waals surface area contributed by atoms with E-state index in [0.29, 0.717) is 12.6 Å². The van der Waals surface area contributed by atoms with Gasteiger partial charge in [-0.25, -0.2) is 9.67 Å². The first-order valence-electron chi connectivity index (χ1n) is 5.82. The lowest BCUT2D eigenvalue weighted by atomic mass is 10.2. The summed E-state index contributed by atoms with van der Waals surface area (Å²) < 4.78 is 2.05. The molecule has 0 radical (unpaired) electrons. The van der Waals surface area contributed by atoms with Crippen molar-refractivity contribution in [3.8, 4) is 0 Å². The van der Waals surface area contributed by atoms with Gasteiger partial charge in [-0.1, -0.05) is 0 Å². The van der Waals surface area contributed by atoms with E-state index in [1.165, 1.54) is 12.8 Å². The second kappa shape index (κ2) is 3.56.